The van der Waals surface area contributed by atoms with E-state index < -0.39 is 5.41 Å². The van der Waals surface area contributed by atoms with E-state index in [-0.39, 0.29) is 17.5 Å². The highest BCUT2D eigenvalue weighted by Crippen LogP contribution is 2.37. The lowest BCUT2D eigenvalue weighted by Crippen LogP contribution is -2.54. The first-order chi connectivity index (χ1) is 16.1. The van der Waals surface area contributed by atoms with E-state index in [0.717, 1.165) is 23.1 Å². The fraction of sp³-hybridized carbons (Fsp3) is 0.269. The second-order valence-corrected chi connectivity index (χ2v) is 8.28. The molecule has 1 aliphatic rings. The fourth-order valence-corrected chi connectivity index (χ4v) is 4.48. The fourth-order valence-electron chi connectivity index (χ4n) is 4.48. The minimum absolute atomic E-state index is 0.0694. The van der Waals surface area contributed by atoms with Crippen LogP contribution in [0.1, 0.15) is 28.9 Å². The van der Waals surface area contributed by atoms with Crippen molar-refractivity contribution in [1.82, 2.24) is 25.2 Å². The summed E-state index contributed by atoms with van der Waals surface area (Å²) in [6.45, 7) is 4.99. The summed E-state index contributed by atoms with van der Waals surface area (Å²) in [4.78, 5) is 40.8. The summed E-state index contributed by atoms with van der Waals surface area (Å²) in [5.41, 5.74) is 2.61. The van der Waals surface area contributed by atoms with E-state index in [9.17, 15) is 9.59 Å². The molecule has 2 amide bonds. The van der Waals surface area contributed by atoms with Gasteiger partial charge >= 0.3 is 0 Å². The van der Waals surface area contributed by atoms with E-state index in [0.29, 0.717) is 32.5 Å². The highest BCUT2D eigenvalue weighted by molar-refractivity contribution is 5.93. The third-order valence-electron chi connectivity index (χ3n) is 6.05. The summed E-state index contributed by atoms with van der Waals surface area (Å²) in [7, 11) is 0. The molecule has 33 heavy (non-hydrogen) atoms. The number of hydrogen-bond acceptors (Lipinski definition) is 5. The molecule has 0 unspecified atom stereocenters. The van der Waals surface area contributed by atoms with Crippen LogP contribution in [0.5, 0.6) is 0 Å². The van der Waals surface area contributed by atoms with Gasteiger partial charge in [0.1, 0.15) is 5.69 Å². The molecule has 7 heteroatoms. The van der Waals surface area contributed by atoms with Gasteiger partial charge in [-0.3, -0.25) is 19.6 Å². The van der Waals surface area contributed by atoms with Crippen LogP contribution < -0.4 is 5.32 Å². The zero-order chi connectivity index (χ0) is 23.1. The first kappa shape index (κ1) is 22.3. The standard InChI is InChI=1S/C26H27N5O2/c1-2-11-30-25(33)26(10-6-15-31(19-26)24(32)23-18-28-13-14-29-23)16-20-7-3-4-9-22(20)21-8-5-12-27-17-21/h2-5,7-9,12-14,17-18H,1,6,10-11,15-16,19H2,(H,30,33)/t26-/m0/s1. The molecule has 0 spiro atoms. The lowest BCUT2D eigenvalue weighted by atomic mass is 9.73. The SMILES string of the molecule is C=CCNC(=O)[C@]1(Cc2ccccc2-c2cccnc2)CCCN(C(=O)c2cnccn2)C1. The van der Waals surface area contributed by atoms with Crippen LogP contribution in [0.25, 0.3) is 11.1 Å². The molecule has 0 bridgehead atoms. The maximum Gasteiger partial charge on any atom is 0.274 e. The van der Waals surface area contributed by atoms with Gasteiger partial charge in [-0.05, 0) is 36.5 Å². The van der Waals surface area contributed by atoms with Gasteiger partial charge in [0.2, 0.25) is 5.91 Å². The van der Waals surface area contributed by atoms with Gasteiger partial charge in [-0.2, -0.15) is 0 Å². The van der Waals surface area contributed by atoms with Gasteiger partial charge in [0.15, 0.2) is 0 Å². The third-order valence-corrected chi connectivity index (χ3v) is 6.05. The largest absolute Gasteiger partial charge is 0.352 e. The molecule has 1 aromatic carbocycles. The molecule has 2 aromatic heterocycles. The third kappa shape index (κ3) is 4.98. The number of piperidine rings is 1. The molecule has 1 fully saturated rings. The molecule has 7 nitrogen and oxygen atoms in total. The van der Waals surface area contributed by atoms with E-state index in [1.54, 1.807) is 17.2 Å². The average molecular weight is 442 g/mol. The van der Waals surface area contributed by atoms with E-state index in [4.69, 9.17) is 0 Å². The molecular formula is C26H27N5O2. The van der Waals surface area contributed by atoms with Gasteiger partial charge in [-0.15, -0.1) is 6.58 Å². The van der Waals surface area contributed by atoms with Gasteiger partial charge in [0.05, 0.1) is 11.6 Å². The molecule has 1 atom stereocenters. The molecular weight excluding hydrogens is 414 g/mol. The van der Waals surface area contributed by atoms with Crippen LogP contribution in [0.2, 0.25) is 0 Å². The van der Waals surface area contributed by atoms with Crippen molar-refractivity contribution in [3.8, 4) is 11.1 Å². The lowest BCUT2D eigenvalue weighted by molar-refractivity contribution is -0.133. The first-order valence-electron chi connectivity index (χ1n) is 11.1. The van der Waals surface area contributed by atoms with Crippen LogP contribution in [0, 0.1) is 5.41 Å². The molecule has 0 radical (unpaired) electrons. The number of likely N-dealkylation sites (tertiary alicyclic amines) is 1. The van der Waals surface area contributed by atoms with Crippen molar-refractivity contribution in [3.05, 3.63) is 91.3 Å². The van der Waals surface area contributed by atoms with Crippen molar-refractivity contribution in [2.45, 2.75) is 19.3 Å². The summed E-state index contributed by atoms with van der Waals surface area (Å²) in [5, 5.41) is 2.99. The summed E-state index contributed by atoms with van der Waals surface area (Å²) in [6, 6.07) is 12.0. The summed E-state index contributed by atoms with van der Waals surface area (Å²) < 4.78 is 0. The van der Waals surface area contributed by atoms with Gasteiger partial charge in [-0.25, -0.2) is 4.98 Å². The Hall–Kier alpha value is -3.87. The number of nitrogens with one attached hydrogen (secondary N) is 1. The van der Waals surface area contributed by atoms with Crippen molar-refractivity contribution in [2.24, 2.45) is 5.41 Å². The summed E-state index contributed by atoms with van der Waals surface area (Å²) in [5.74, 6) is -0.274. The van der Waals surface area contributed by atoms with Gasteiger partial charge in [0, 0.05) is 50.0 Å². The van der Waals surface area contributed by atoms with Crippen LogP contribution in [-0.4, -0.2) is 51.3 Å². The van der Waals surface area contributed by atoms with Crippen molar-refractivity contribution in [3.63, 3.8) is 0 Å². The van der Waals surface area contributed by atoms with E-state index in [2.05, 4.69) is 26.8 Å². The van der Waals surface area contributed by atoms with E-state index in [1.807, 2.05) is 42.6 Å². The van der Waals surface area contributed by atoms with Crippen LogP contribution in [0.4, 0.5) is 0 Å². The van der Waals surface area contributed by atoms with Gasteiger partial charge < -0.3 is 10.2 Å². The Bertz CT molecular complexity index is 1120. The van der Waals surface area contributed by atoms with Crippen LogP contribution in [-0.2, 0) is 11.2 Å². The molecule has 168 valence electrons. The van der Waals surface area contributed by atoms with Crippen LogP contribution in [0.15, 0.2) is 80.0 Å². The van der Waals surface area contributed by atoms with E-state index in [1.165, 1.54) is 18.6 Å². The molecule has 1 saturated heterocycles. The molecule has 1 N–H and O–H groups in total. The quantitative estimate of drug-likeness (QED) is 0.569. The lowest BCUT2D eigenvalue weighted by Gasteiger charge is -2.42. The number of carbonyl (C=O) groups is 2. The van der Waals surface area contributed by atoms with Gasteiger partial charge in [-0.1, -0.05) is 36.4 Å². The molecule has 1 aliphatic heterocycles. The normalized spacial score (nSPS) is 17.9. The second-order valence-electron chi connectivity index (χ2n) is 8.28. The minimum atomic E-state index is -0.766. The number of hydrogen-bond donors (Lipinski definition) is 1. The second kappa shape index (κ2) is 10.2. The number of pyridine rings is 1. The molecule has 0 saturated carbocycles. The number of amides is 2. The Labute approximate surface area is 193 Å². The van der Waals surface area contributed by atoms with Gasteiger partial charge in [0.25, 0.3) is 5.91 Å². The molecule has 3 heterocycles. The van der Waals surface area contributed by atoms with Crippen molar-refractivity contribution >= 4 is 11.8 Å². The maximum absolute atomic E-state index is 13.5. The Balaban J connectivity index is 1.68. The average Bonchev–Trinajstić information content (AvgIpc) is 2.88. The topological polar surface area (TPSA) is 88.1 Å². The predicted octanol–water partition coefficient (Wildman–Crippen LogP) is 3.31. The van der Waals surface area contributed by atoms with Crippen molar-refractivity contribution in [2.75, 3.05) is 19.6 Å². The van der Waals surface area contributed by atoms with E-state index >= 15 is 0 Å². The van der Waals surface area contributed by atoms with Crippen LogP contribution >= 0.6 is 0 Å². The molecule has 4 rings (SSSR count). The van der Waals surface area contributed by atoms with Crippen molar-refractivity contribution in [1.29, 1.82) is 0 Å². The number of aromatic nitrogens is 3. The maximum atomic E-state index is 13.5. The Morgan fingerprint density at radius 1 is 1.09 bits per heavy atom. The van der Waals surface area contributed by atoms with Crippen LogP contribution in [0.3, 0.4) is 0 Å². The molecule has 3 aromatic rings. The Morgan fingerprint density at radius 3 is 2.70 bits per heavy atom. The monoisotopic (exact) mass is 441 g/mol. The number of rotatable bonds is 7. The Kier molecular flexibility index (Phi) is 6.88. The van der Waals surface area contributed by atoms with Crippen molar-refractivity contribution < 1.29 is 9.59 Å². The zero-order valence-corrected chi connectivity index (χ0v) is 18.5. The minimum Gasteiger partial charge on any atom is -0.352 e. The number of carbonyl (C=O) groups excluding carboxylic acids is 2. The summed E-state index contributed by atoms with van der Waals surface area (Å²) >= 11 is 0. The first-order valence-corrected chi connectivity index (χ1v) is 11.1. The highest BCUT2D eigenvalue weighted by Gasteiger charge is 2.44. The summed E-state index contributed by atoms with van der Waals surface area (Å²) in [6.07, 6.45) is 11.7. The smallest absolute Gasteiger partial charge is 0.274 e. The number of nitrogens with zero attached hydrogens (tertiary/aromatic N) is 4. The number of benzene rings is 1. The predicted molar refractivity (Wildman–Crippen MR) is 126 cm³/mol. The molecule has 0 aliphatic carbocycles. The zero-order valence-electron chi connectivity index (χ0n) is 18.5. The highest BCUT2D eigenvalue weighted by atomic mass is 16.2. The Morgan fingerprint density at radius 2 is 1.94 bits per heavy atom.